The molecule has 0 saturated carbocycles. The summed E-state index contributed by atoms with van der Waals surface area (Å²) in [5, 5.41) is 11.8. The van der Waals surface area contributed by atoms with Gasteiger partial charge >= 0.3 is 12.6 Å². The van der Waals surface area contributed by atoms with Gasteiger partial charge in [-0.15, -0.1) is 0 Å². The van der Waals surface area contributed by atoms with Crippen molar-refractivity contribution in [1.29, 1.82) is 0 Å². The first-order chi connectivity index (χ1) is 10.1. The number of carbonyl (C=O) groups is 1. The van der Waals surface area contributed by atoms with Crippen LogP contribution in [-0.4, -0.2) is 42.3 Å². The zero-order valence-electron chi connectivity index (χ0n) is 11.5. The summed E-state index contributed by atoms with van der Waals surface area (Å²) in [4.78, 5) is 13.7. The molecule has 2 N–H and O–H groups in total. The van der Waals surface area contributed by atoms with Crippen molar-refractivity contribution in [3.63, 3.8) is 0 Å². The van der Waals surface area contributed by atoms with E-state index in [4.69, 9.17) is 5.11 Å². The van der Waals surface area contributed by atoms with E-state index in [1.165, 1.54) is 24.3 Å². The van der Waals surface area contributed by atoms with Gasteiger partial charge in [0.1, 0.15) is 5.75 Å². The number of rotatable bonds is 4. The summed E-state index contributed by atoms with van der Waals surface area (Å²) in [7, 11) is 0. The third kappa shape index (κ3) is 4.56. The monoisotopic (exact) mass is 300 g/mol. The highest BCUT2D eigenvalue weighted by atomic mass is 19.3. The lowest BCUT2D eigenvalue weighted by Crippen LogP contribution is -2.43. The second kappa shape index (κ2) is 7.21. The van der Waals surface area contributed by atoms with Gasteiger partial charge in [0.2, 0.25) is 0 Å². The van der Waals surface area contributed by atoms with E-state index in [0.29, 0.717) is 18.8 Å². The largest absolute Gasteiger partial charge is 0.435 e. The topological polar surface area (TPSA) is 61.8 Å². The van der Waals surface area contributed by atoms with Crippen molar-refractivity contribution >= 4 is 11.7 Å². The van der Waals surface area contributed by atoms with Crippen molar-refractivity contribution in [2.75, 3.05) is 25.0 Å². The predicted octanol–water partition coefficient (Wildman–Crippen LogP) is 2.52. The van der Waals surface area contributed by atoms with Gasteiger partial charge in [-0.1, -0.05) is 0 Å². The molecule has 1 aliphatic rings. The first kappa shape index (κ1) is 15.5. The summed E-state index contributed by atoms with van der Waals surface area (Å²) >= 11 is 0. The van der Waals surface area contributed by atoms with Gasteiger partial charge in [0.05, 0.1) is 0 Å². The molecule has 5 nitrogen and oxygen atoms in total. The van der Waals surface area contributed by atoms with Crippen LogP contribution in [0.15, 0.2) is 24.3 Å². The number of aliphatic hydroxyl groups excluding tert-OH is 1. The number of piperidine rings is 1. The number of carbonyl (C=O) groups excluding carboxylic acids is 1. The van der Waals surface area contributed by atoms with Crippen molar-refractivity contribution < 1.29 is 23.4 Å². The lowest BCUT2D eigenvalue weighted by atomic mass is 9.99. The normalized spacial score (nSPS) is 18.7. The molecule has 0 radical (unpaired) electrons. The molecule has 7 heteroatoms. The van der Waals surface area contributed by atoms with Crippen molar-refractivity contribution in [3.8, 4) is 5.75 Å². The highest BCUT2D eigenvalue weighted by Crippen LogP contribution is 2.20. The van der Waals surface area contributed by atoms with Crippen LogP contribution in [0.5, 0.6) is 5.75 Å². The predicted molar refractivity (Wildman–Crippen MR) is 73.5 cm³/mol. The fourth-order valence-electron chi connectivity index (χ4n) is 2.32. The molecule has 0 aromatic heterocycles. The van der Waals surface area contributed by atoms with Gasteiger partial charge in [-0.2, -0.15) is 8.78 Å². The van der Waals surface area contributed by atoms with Crippen LogP contribution in [-0.2, 0) is 0 Å². The molecule has 0 spiro atoms. The van der Waals surface area contributed by atoms with Crippen LogP contribution in [0.4, 0.5) is 19.3 Å². The van der Waals surface area contributed by atoms with Crippen LogP contribution in [0.25, 0.3) is 0 Å². The van der Waals surface area contributed by atoms with E-state index in [1.54, 1.807) is 4.90 Å². The van der Waals surface area contributed by atoms with Crippen LogP contribution in [0, 0.1) is 5.92 Å². The maximum atomic E-state index is 12.1. The van der Waals surface area contributed by atoms with E-state index in [9.17, 15) is 13.6 Å². The van der Waals surface area contributed by atoms with E-state index < -0.39 is 6.61 Å². The molecule has 2 amide bonds. The molecule has 116 valence electrons. The van der Waals surface area contributed by atoms with Crippen molar-refractivity contribution in [2.45, 2.75) is 19.5 Å². The second-order valence-corrected chi connectivity index (χ2v) is 4.97. The summed E-state index contributed by atoms with van der Waals surface area (Å²) in [5.41, 5.74) is 0.507. The van der Waals surface area contributed by atoms with Crippen molar-refractivity contribution in [1.82, 2.24) is 4.90 Å². The highest BCUT2D eigenvalue weighted by Gasteiger charge is 2.23. The number of nitrogens with one attached hydrogen (secondary N) is 1. The molecular formula is C14H18F2N2O3. The van der Waals surface area contributed by atoms with Crippen LogP contribution in [0.2, 0.25) is 0 Å². The van der Waals surface area contributed by atoms with Gasteiger partial charge < -0.3 is 20.1 Å². The molecule has 1 saturated heterocycles. The number of nitrogens with zero attached hydrogens (tertiary/aromatic N) is 1. The van der Waals surface area contributed by atoms with Gasteiger partial charge in [0.25, 0.3) is 0 Å². The minimum atomic E-state index is -2.87. The molecule has 0 aliphatic carbocycles. The first-order valence-corrected chi connectivity index (χ1v) is 6.80. The van der Waals surface area contributed by atoms with E-state index in [2.05, 4.69) is 10.1 Å². The lowest BCUT2D eigenvalue weighted by Gasteiger charge is -2.31. The minimum Gasteiger partial charge on any atom is -0.435 e. The van der Waals surface area contributed by atoms with Gasteiger partial charge in [0.15, 0.2) is 0 Å². The number of urea groups is 1. The highest BCUT2D eigenvalue weighted by molar-refractivity contribution is 5.89. The Labute approximate surface area is 121 Å². The maximum Gasteiger partial charge on any atom is 0.387 e. The molecule has 1 aliphatic heterocycles. The average molecular weight is 300 g/mol. The number of hydrogen-bond donors (Lipinski definition) is 2. The van der Waals surface area contributed by atoms with E-state index >= 15 is 0 Å². The minimum absolute atomic E-state index is 0.0429. The Morgan fingerprint density at radius 1 is 1.43 bits per heavy atom. The number of likely N-dealkylation sites (tertiary alicyclic amines) is 1. The van der Waals surface area contributed by atoms with Gasteiger partial charge in [-0.3, -0.25) is 0 Å². The Kier molecular flexibility index (Phi) is 5.32. The average Bonchev–Trinajstić information content (AvgIpc) is 2.49. The smallest absolute Gasteiger partial charge is 0.387 e. The third-order valence-electron chi connectivity index (χ3n) is 3.40. The van der Waals surface area contributed by atoms with Gasteiger partial charge in [-0.05, 0) is 43.0 Å². The molecule has 1 unspecified atom stereocenters. The first-order valence-electron chi connectivity index (χ1n) is 6.80. The Morgan fingerprint density at radius 2 is 2.14 bits per heavy atom. The molecule has 1 fully saturated rings. The SMILES string of the molecule is O=C(Nc1ccc(OC(F)F)cc1)N1CCCC(CO)C1. The van der Waals surface area contributed by atoms with Crippen LogP contribution >= 0.6 is 0 Å². The number of benzene rings is 1. The molecule has 1 aromatic carbocycles. The number of aliphatic hydroxyl groups is 1. The Morgan fingerprint density at radius 3 is 2.76 bits per heavy atom. The number of alkyl halides is 2. The summed E-state index contributed by atoms with van der Waals surface area (Å²) in [5.74, 6) is 0.160. The number of halogens is 2. The van der Waals surface area contributed by atoms with Gasteiger partial charge in [0, 0.05) is 25.4 Å². The quantitative estimate of drug-likeness (QED) is 0.898. The Balaban J connectivity index is 1.90. The van der Waals surface area contributed by atoms with E-state index in [0.717, 1.165) is 12.8 Å². The Bertz CT molecular complexity index is 468. The zero-order chi connectivity index (χ0) is 15.2. The molecule has 0 bridgehead atoms. The second-order valence-electron chi connectivity index (χ2n) is 4.97. The Hall–Kier alpha value is -1.89. The molecule has 1 aromatic rings. The third-order valence-corrected chi connectivity index (χ3v) is 3.40. The number of hydrogen-bond acceptors (Lipinski definition) is 3. The van der Waals surface area contributed by atoms with Crippen molar-refractivity contribution in [2.24, 2.45) is 5.92 Å². The number of anilines is 1. The number of amides is 2. The molecular weight excluding hydrogens is 282 g/mol. The molecule has 21 heavy (non-hydrogen) atoms. The van der Waals surface area contributed by atoms with E-state index in [1.807, 2.05) is 0 Å². The molecule has 1 heterocycles. The molecule has 2 rings (SSSR count). The number of ether oxygens (including phenoxy) is 1. The van der Waals surface area contributed by atoms with E-state index in [-0.39, 0.29) is 24.3 Å². The van der Waals surface area contributed by atoms with Crippen LogP contribution < -0.4 is 10.1 Å². The molecule has 1 atom stereocenters. The zero-order valence-corrected chi connectivity index (χ0v) is 11.5. The maximum absolute atomic E-state index is 12.1. The summed E-state index contributed by atoms with van der Waals surface area (Å²) in [6.07, 6.45) is 1.78. The standard InChI is InChI=1S/C14H18F2N2O3/c15-13(16)21-12-5-3-11(4-6-12)17-14(20)18-7-1-2-10(8-18)9-19/h3-6,10,13,19H,1-2,7-9H2,(H,17,20). The fourth-order valence-corrected chi connectivity index (χ4v) is 2.32. The van der Waals surface area contributed by atoms with Crippen LogP contribution in [0.3, 0.4) is 0 Å². The summed E-state index contributed by atoms with van der Waals surface area (Å²) in [6.45, 7) is -1.62. The summed E-state index contributed by atoms with van der Waals surface area (Å²) < 4.78 is 28.3. The lowest BCUT2D eigenvalue weighted by molar-refractivity contribution is -0.0498. The van der Waals surface area contributed by atoms with Crippen molar-refractivity contribution in [3.05, 3.63) is 24.3 Å². The van der Waals surface area contributed by atoms with Gasteiger partial charge in [-0.25, -0.2) is 4.79 Å². The summed E-state index contributed by atoms with van der Waals surface area (Å²) in [6, 6.07) is 5.49. The fraction of sp³-hybridized carbons (Fsp3) is 0.500. The van der Waals surface area contributed by atoms with Crippen LogP contribution in [0.1, 0.15) is 12.8 Å².